The summed E-state index contributed by atoms with van der Waals surface area (Å²) in [7, 11) is 0. The van der Waals surface area contributed by atoms with Gasteiger partial charge in [0.25, 0.3) is 0 Å². The highest BCUT2D eigenvalue weighted by Gasteiger charge is 2.06. The van der Waals surface area contributed by atoms with Crippen molar-refractivity contribution in [2.24, 2.45) is 5.73 Å². The zero-order valence-corrected chi connectivity index (χ0v) is 10.4. The Morgan fingerprint density at radius 3 is 2.53 bits per heavy atom. The molecule has 1 aromatic carbocycles. The van der Waals surface area contributed by atoms with Gasteiger partial charge in [-0.25, -0.2) is 0 Å². The van der Waals surface area contributed by atoms with Crippen LogP contribution < -0.4 is 10.5 Å². The van der Waals surface area contributed by atoms with Gasteiger partial charge in [0.15, 0.2) is 0 Å². The van der Waals surface area contributed by atoms with E-state index in [9.17, 15) is 0 Å². The molecule has 17 heavy (non-hydrogen) atoms. The van der Waals surface area contributed by atoms with Gasteiger partial charge in [0.1, 0.15) is 16.5 Å². The van der Waals surface area contributed by atoms with Gasteiger partial charge in [-0.2, -0.15) is 0 Å². The Kier molecular flexibility index (Phi) is 3.84. The van der Waals surface area contributed by atoms with Gasteiger partial charge in [-0.05, 0) is 17.7 Å². The molecule has 0 spiro atoms. The van der Waals surface area contributed by atoms with Gasteiger partial charge < -0.3 is 10.5 Å². The summed E-state index contributed by atoms with van der Waals surface area (Å²) in [6.07, 6.45) is 3.11. The summed E-state index contributed by atoms with van der Waals surface area (Å²) in [5.74, 6) is 1.06. The lowest BCUT2D eigenvalue weighted by atomic mass is 10.2. The summed E-state index contributed by atoms with van der Waals surface area (Å²) >= 11 is 12.0. The minimum absolute atomic E-state index is 0.437. The number of hydrogen-bond acceptors (Lipinski definition) is 3. The lowest BCUT2D eigenvalue weighted by molar-refractivity contribution is 0.482. The average Bonchev–Trinajstić information content (AvgIpc) is 2.34. The zero-order valence-electron chi connectivity index (χ0n) is 8.86. The molecule has 0 aliphatic heterocycles. The van der Waals surface area contributed by atoms with Crippen LogP contribution in [0.5, 0.6) is 11.5 Å². The largest absolute Gasteiger partial charge is 0.454 e. The van der Waals surface area contributed by atoms with E-state index in [4.69, 9.17) is 33.7 Å². The topological polar surface area (TPSA) is 48.1 Å². The Hall–Kier alpha value is -1.29. The third-order valence-corrected chi connectivity index (χ3v) is 2.77. The molecular formula is C12H10Cl2N2O. The van der Waals surface area contributed by atoms with E-state index in [0.29, 0.717) is 28.1 Å². The maximum atomic E-state index is 6.07. The van der Waals surface area contributed by atoms with Gasteiger partial charge in [0.2, 0.25) is 0 Å². The number of pyridine rings is 1. The van der Waals surface area contributed by atoms with E-state index in [1.807, 2.05) is 6.07 Å². The molecule has 88 valence electrons. The first-order valence-corrected chi connectivity index (χ1v) is 5.72. The molecule has 1 heterocycles. The molecule has 5 heteroatoms. The van der Waals surface area contributed by atoms with E-state index in [1.165, 1.54) is 6.20 Å². The fraction of sp³-hybridized carbons (Fsp3) is 0.0833. The fourth-order valence-corrected chi connectivity index (χ4v) is 1.72. The minimum Gasteiger partial charge on any atom is -0.454 e. The van der Waals surface area contributed by atoms with Gasteiger partial charge in [-0.1, -0.05) is 29.3 Å². The summed E-state index contributed by atoms with van der Waals surface area (Å²) in [4.78, 5) is 3.87. The molecule has 2 aromatic rings. The van der Waals surface area contributed by atoms with Gasteiger partial charge in [-0.3, -0.25) is 4.98 Å². The van der Waals surface area contributed by atoms with Crippen LogP contribution in [0.3, 0.4) is 0 Å². The number of aromatic nitrogens is 1. The number of ether oxygens (including phenoxy) is 1. The molecule has 0 atom stereocenters. The van der Waals surface area contributed by atoms with Gasteiger partial charge in [0, 0.05) is 25.0 Å². The van der Waals surface area contributed by atoms with Crippen LogP contribution in [-0.2, 0) is 6.54 Å². The summed E-state index contributed by atoms with van der Waals surface area (Å²) in [6.45, 7) is 0.440. The lowest BCUT2D eigenvalue weighted by Gasteiger charge is -2.09. The first-order chi connectivity index (χ1) is 8.20. The third-order valence-electron chi connectivity index (χ3n) is 2.19. The molecule has 0 amide bonds. The van der Waals surface area contributed by atoms with Crippen LogP contribution in [0.15, 0.2) is 36.7 Å². The molecule has 0 saturated heterocycles. The highest BCUT2D eigenvalue weighted by Crippen LogP contribution is 2.33. The Labute approximate surface area is 109 Å². The molecule has 3 nitrogen and oxygen atoms in total. The predicted octanol–water partition coefficient (Wildman–Crippen LogP) is 3.64. The molecule has 0 unspecified atom stereocenters. The van der Waals surface area contributed by atoms with Crippen molar-refractivity contribution in [3.8, 4) is 11.5 Å². The second-order valence-corrected chi connectivity index (χ2v) is 4.19. The summed E-state index contributed by atoms with van der Waals surface area (Å²) in [5, 5.41) is 0.937. The van der Waals surface area contributed by atoms with Crippen LogP contribution >= 0.6 is 23.2 Å². The second-order valence-electron chi connectivity index (χ2n) is 3.38. The Bertz CT molecular complexity index is 532. The molecule has 0 radical (unpaired) electrons. The maximum Gasteiger partial charge on any atom is 0.149 e. The van der Waals surface area contributed by atoms with Crippen LogP contribution in [0, 0.1) is 0 Å². The van der Waals surface area contributed by atoms with Gasteiger partial charge in [0.05, 0.1) is 5.02 Å². The van der Waals surface area contributed by atoms with Crippen LogP contribution in [-0.4, -0.2) is 4.98 Å². The van der Waals surface area contributed by atoms with Crippen LogP contribution in [0.25, 0.3) is 0 Å². The molecule has 0 saturated carbocycles. The fourth-order valence-electron chi connectivity index (χ4n) is 1.32. The van der Waals surface area contributed by atoms with Crippen LogP contribution in [0.2, 0.25) is 10.0 Å². The highest BCUT2D eigenvalue weighted by atomic mass is 35.5. The van der Waals surface area contributed by atoms with Crippen molar-refractivity contribution in [3.63, 3.8) is 0 Å². The molecular weight excluding hydrogens is 259 g/mol. The lowest BCUT2D eigenvalue weighted by Crippen LogP contribution is -1.96. The molecule has 2 N–H and O–H groups in total. The zero-order chi connectivity index (χ0) is 12.3. The Morgan fingerprint density at radius 2 is 1.88 bits per heavy atom. The van der Waals surface area contributed by atoms with Gasteiger partial charge in [-0.15, -0.1) is 0 Å². The van der Waals surface area contributed by atoms with Gasteiger partial charge >= 0.3 is 0 Å². The predicted molar refractivity (Wildman–Crippen MR) is 68.7 cm³/mol. The SMILES string of the molecule is NCc1ccc(Oc2ccncc2Cl)c(Cl)c1. The van der Waals surface area contributed by atoms with E-state index in [1.54, 1.807) is 24.4 Å². The average molecular weight is 269 g/mol. The van der Waals surface area contributed by atoms with Crippen molar-refractivity contribution in [2.45, 2.75) is 6.54 Å². The second kappa shape index (κ2) is 5.36. The number of nitrogens with two attached hydrogens (primary N) is 1. The van der Waals surface area contributed by atoms with Crippen LogP contribution in [0.4, 0.5) is 0 Å². The normalized spacial score (nSPS) is 10.3. The molecule has 0 bridgehead atoms. The first kappa shape index (κ1) is 12.2. The summed E-state index contributed by atoms with van der Waals surface area (Å²) in [6, 6.07) is 7.07. The minimum atomic E-state index is 0.437. The number of nitrogens with zero attached hydrogens (tertiary/aromatic N) is 1. The Morgan fingerprint density at radius 1 is 1.12 bits per heavy atom. The van der Waals surface area contributed by atoms with Crippen molar-refractivity contribution in [1.82, 2.24) is 4.98 Å². The molecule has 1 aromatic heterocycles. The van der Waals surface area contributed by atoms with E-state index in [2.05, 4.69) is 4.98 Å². The van der Waals surface area contributed by atoms with Crippen molar-refractivity contribution in [2.75, 3.05) is 0 Å². The molecule has 0 aliphatic carbocycles. The van der Waals surface area contributed by atoms with E-state index in [0.717, 1.165) is 5.56 Å². The van der Waals surface area contributed by atoms with Crippen molar-refractivity contribution in [3.05, 3.63) is 52.3 Å². The standard InChI is InChI=1S/C12H10Cl2N2O/c13-9-5-8(6-15)1-2-11(9)17-12-3-4-16-7-10(12)14/h1-5,7H,6,15H2. The molecule has 2 rings (SSSR count). The van der Waals surface area contributed by atoms with Crippen molar-refractivity contribution in [1.29, 1.82) is 0 Å². The summed E-state index contributed by atoms with van der Waals surface area (Å²) < 4.78 is 5.59. The highest BCUT2D eigenvalue weighted by molar-refractivity contribution is 6.32. The van der Waals surface area contributed by atoms with Crippen molar-refractivity contribution < 1.29 is 4.74 Å². The van der Waals surface area contributed by atoms with E-state index in [-0.39, 0.29) is 0 Å². The van der Waals surface area contributed by atoms with E-state index >= 15 is 0 Å². The summed E-state index contributed by atoms with van der Waals surface area (Å²) in [5.41, 5.74) is 6.46. The number of rotatable bonds is 3. The molecule has 0 fully saturated rings. The maximum absolute atomic E-state index is 6.07. The van der Waals surface area contributed by atoms with E-state index < -0.39 is 0 Å². The smallest absolute Gasteiger partial charge is 0.149 e. The third kappa shape index (κ3) is 2.88. The number of benzene rings is 1. The van der Waals surface area contributed by atoms with Crippen LogP contribution in [0.1, 0.15) is 5.56 Å². The monoisotopic (exact) mass is 268 g/mol. The first-order valence-electron chi connectivity index (χ1n) is 4.96. The van der Waals surface area contributed by atoms with Crippen molar-refractivity contribution >= 4 is 23.2 Å². The quantitative estimate of drug-likeness (QED) is 0.925. The number of hydrogen-bond donors (Lipinski definition) is 1. The Balaban J connectivity index is 2.28. The molecule has 0 aliphatic rings. The number of halogens is 2.